The molecule has 0 radical (unpaired) electrons. The number of alkyl halides is 3. The number of carboxylic acid groups (broad SMARTS) is 1. The highest BCUT2D eigenvalue weighted by Crippen LogP contribution is 2.36. The summed E-state index contributed by atoms with van der Waals surface area (Å²) in [6.07, 6.45) is -5.76. The number of halogens is 4. The van der Waals surface area contributed by atoms with Crippen LogP contribution < -0.4 is 9.47 Å². The summed E-state index contributed by atoms with van der Waals surface area (Å²) >= 11 is 6.07. The van der Waals surface area contributed by atoms with Gasteiger partial charge in [-0.15, -0.1) is 13.2 Å². The van der Waals surface area contributed by atoms with Crippen molar-refractivity contribution in [3.63, 3.8) is 0 Å². The molecule has 0 saturated carbocycles. The minimum absolute atomic E-state index is 0.224. The van der Waals surface area contributed by atoms with Gasteiger partial charge in [-0.2, -0.15) is 0 Å². The summed E-state index contributed by atoms with van der Waals surface area (Å²) in [5, 5.41) is 10.1. The lowest BCUT2D eigenvalue weighted by molar-refractivity contribution is -0.274. The number of aliphatic carboxylic acids is 1. The Morgan fingerprint density at radius 2 is 1.76 bits per heavy atom. The minimum Gasteiger partial charge on any atom is -0.479 e. The maximum atomic E-state index is 13.5. The summed E-state index contributed by atoms with van der Waals surface area (Å²) in [4.78, 5) is 25.0. The first-order valence-corrected chi connectivity index (χ1v) is 11.6. The number of aromatic nitrogens is 1. The van der Waals surface area contributed by atoms with E-state index in [-0.39, 0.29) is 29.0 Å². The summed E-state index contributed by atoms with van der Waals surface area (Å²) in [6.45, 7) is 3.34. The average Bonchev–Trinajstić information content (AvgIpc) is 3.12. The first-order chi connectivity index (χ1) is 17.5. The van der Waals surface area contributed by atoms with E-state index in [1.807, 2.05) is 0 Å². The zero-order chi connectivity index (χ0) is 26.9. The molecule has 0 fully saturated rings. The fourth-order valence-corrected chi connectivity index (χ4v) is 4.34. The summed E-state index contributed by atoms with van der Waals surface area (Å²) in [7, 11) is 0. The van der Waals surface area contributed by atoms with Gasteiger partial charge in [0.2, 0.25) is 0 Å². The molecule has 3 aromatic carbocycles. The highest BCUT2D eigenvalue weighted by atomic mass is 35.5. The van der Waals surface area contributed by atoms with Crippen LogP contribution >= 0.6 is 11.6 Å². The van der Waals surface area contributed by atoms with Gasteiger partial charge in [-0.3, -0.25) is 4.79 Å². The number of ether oxygens (including phenoxy) is 2. The normalized spacial score (nSPS) is 12.4. The van der Waals surface area contributed by atoms with Gasteiger partial charge < -0.3 is 19.1 Å². The second-order valence-electron chi connectivity index (χ2n) is 8.21. The van der Waals surface area contributed by atoms with Gasteiger partial charge in [0, 0.05) is 39.5 Å². The molecule has 0 aliphatic carbocycles. The SMILES string of the molecule is CC[C@@H](Oc1cccc(-n2c(C)c(C(=O)c3cccc(Cl)c3)c3ccc(OC(F)(F)F)cc32)c1)C(=O)O. The number of rotatable bonds is 8. The third-order valence-corrected chi connectivity index (χ3v) is 5.96. The number of fused-ring (bicyclic) bond motifs is 1. The van der Waals surface area contributed by atoms with Crippen molar-refractivity contribution in [2.45, 2.75) is 32.7 Å². The molecule has 4 aromatic rings. The standard InChI is InChI=1S/C27H21ClF3NO5/c1-3-23(26(34)35)36-19-9-5-8-18(13-19)32-15(2)24(25(33)16-6-4-7-17(28)12-16)21-11-10-20(14-22(21)32)37-27(29,30)31/h4-14,23H,3H2,1-2H3,(H,34,35)/t23-/m1/s1. The molecule has 4 rings (SSSR count). The van der Waals surface area contributed by atoms with E-state index < -0.39 is 24.2 Å². The van der Waals surface area contributed by atoms with Crippen LogP contribution in [0.2, 0.25) is 5.02 Å². The van der Waals surface area contributed by atoms with E-state index in [0.717, 1.165) is 6.07 Å². The van der Waals surface area contributed by atoms with Gasteiger partial charge in [0.1, 0.15) is 11.5 Å². The largest absolute Gasteiger partial charge is 0.573 e. The van der Waals surface area contributed by atoms with Crippen molar-refractivity contribution >= 4 is 34.3 Å². The van der Waals surface area contributed by atoms with E-state index in [9.17, 15) is 27.9 Å². The van der Waals surface area contributed by atoms with Gasteiger partial charge in [0.05, 0.1) is 11.1 Å². The van der Waals surface area contributed by atoms with Crippen LogP contribution in [0.25, 0.3) is 16.6 Å². The fraction of sp³-hybridized carbons (Fsp3) is 0.185. The third-order valence-electron chi connectivity index (χ3n) is 5.72. The molecular weight excluding hydrogens is 511 g/mol. The van der Waals surface area contributed by atoms with Crippen LogP contribution in [0.5, 0.6) is 11.5 Å². The fourth-order valence-electron chi connectivity index (χ4n) is 4.15. The van der Waals surface area contributed by atoms with Crippen LogP contribution in [-0.4, -0.2) is 33.9 Å². The lowest BCUT2D eigenvalue weighted by atomic mass is 10.0. The van der Waals surface area contributed by atoms with Crippen LogP contribution in [0, 0.1) is 6.92 Å². The summed E-state index contributed by atoms with van der Waals surface area (Å²) < 4.78 is 50.2. The molecule has 0 unspecified atom stereocenters. The van der Waals surface area contributed by atoms with Crippen molar-refractivity contribution in [1.29, 1.82) is 0 Å². The van der Waals surface area contributed by atoms with Gasteiger partial charge >= 0.3 is 12.3 Å². The molecule has 192 valence electrons. The Hall–Kier alpha value is -3.98. The molecule has 0 bridgehead atoms. The summed E-state index contributed by atoms with van der Waals surface area (Å²) in [6, 6.07) is 16.5. The Morgan fingerprint density at radius 3 is 2.41 bits per heavy atom. The number of hydrogen-bond acceptors (Lipinski definition) is 4. The van der Waals surface area contributed by atoms with Crippen LogP contribution in [0.4, 0.5) is 13.2 Å². The number of carboxylic acids is 1. The van der Waals surface area contributed by atoms with Crippen LogP contribution in [0.15, 0.2) is 66.7 Å². The van der Waals surface area contributed by atoms with Crippen molar-refractivity contribution < 1.29 is 37.3 Å². The van der Waals surface area contributed by atoms with Crippen molar-refractivity contribution in [3.05, 3.63) is 88.6 Å². The number of nitrogens with zero attached hydrogens (tertiary/aromatic N) is 1. The Morgan fingerprint density at radius 1 is 1.03 bits per heavy atom. The average molecular weight is 532 g/mol. The molecule has 10 heteroatoms. The van der Waals surface area contributed by atoms with E-state index >= 15 is 0 Å². The smallest absolute Gasteiger partial charge is 0.479 e. The van der Waals surface area contributed by atoms with Gasteiger partial charge in [-0.25, -0.2) is 4.79 Å². The van der Waals surface area contributed by atoms with E-state index in [0.29, 0.717) is 27.4 Å². The van der Waals surface area contributed by atoms with Gasteiger partial charge in [0.15, 0.2) is 11.9 Å². The summed E-state index contributed by atoms with van der Waals surface area (Å²) in [5.41, 5.74) is 1.78. The molecule has 1 N–H and O–H groups in total. The van der Waals surface area contributed by atoms with Gasteiger partial charge in [0.25, 0.3) is 0 Å². The molecular formula is C27H21ClF3NO5. The zero-order valence-corrected chi connectivity index (χ0v) is 20.4. The Kier molecular flexibility index (Phi) is 7.18. The van der Waals surface area contributed by atoms with Crippen LogP contribution in [-0.2, 0) is 4.79 Å². The molecule has 0 aliphatic rings. The second-order valence-corrected chi connectivity index (χ2v) is 8.65. The molecule has 37 heavy (non-hydrogen) atoms. The Labute approximate surface area is 214 Å². The summed E-state index contributed by atoms with van der Waals surface area (Å²) in [5.74, 6) is -1.69. The monoisotopic (exact) mass is 531 g/mol. The third kappa shape index (κ3) is 5.56. The van der Waals surface area contributed by atoms with Gasteiger partial charge in [-0.1, -0.05) is 36.7 Å². The first-order valence-electron chi connectivity index (χ1n) is 11.2. The maximum Gasteiger partial charge on any atom is 0.573 e. The van der Waals surface area contributed by atoms with E-state index in [4.69, 9.17) is 16.3 Å². The maximum absolute atomic E-state index is 13.5. The van der Waals surface area contributed by atoms with E-state index in [1.54, 1.807) is 60.9 Å². The number of benzene rings is 3. The molecule has 0 saturated heterocycles. The van der Waals surface area contributed by atoms with E-state index in [1.165, 1.54) is 18.2 Å². The highest BCUT2D eigenvalue weighted by Gasteiger charge is 2.32. The lowest BCUT2D eigenvalue weighted by Gasteiger charge is -2.15. The van der Waals surface area contributed by atoms with E-state index in [2.05, 4.69) is 4.74 Å². The molecule has 1 heterocycles. The van der Waals surface area contributed by atoms with Crippen molar-refractivity contribution in [2.75, 3.05) is 0 Å². The number of hydrogen-bond donors (Lipinski definition) is 1. The Balaban J connectivity index is 1.92. The van der Waals surface area contributed by atoms with Crippen molar-refractivity contribution in [2.24, 2.45) is 0 Å². The quantitative estimate of drug-likeness (QED) is 0.249. The molecule has 1 aromatic heterocycles. The molecule has 6 nitrogen and oxygen atoms in total. The second kappa shape index (κ2) is 10.2. The highest BCUT2D eigenvalue weighted by molar-refractivity contribution is 6.31. The zero-order valence-electron chi connectivity index (χ0n) is 19.7. The van der Waals surface area contributed by atoms with Crippen molar-refractivity contribution in [1.82, 2.24) is 4.57 Å². The Bertz CT molecular complexity index is 1500. The molecule has 0 spiro atoms. The van der Waals surface area contributed by atoms with Crippen molar-refractivity contribution in [3.8, 4) is 17.2 Å². The predicted octanol–water partition coefficient (Wildman–Crippen LogP) is 6.96. The lowest BCUT2D eigenvalue weighted by Crippen LogP contribution is -2.25. The van der Waals surface area contributed by atoms with Crippen LogP contribution in [0.1, 0.15) is 35.0 Å². The van der Waals surface area contributed by atoms with Crippen LogP contribution in [0.3, 0.4) is 0 Å². The molecule has 1 atom stereocenters. The number of ketones is 1. The van der Waals surface area contributed by atoms with Gasteiger partial charge in [-0.05, 0) is 49.7 Å². The topological polar surface area (TPSA) is 77.8 Å². The number of carbonyl (C=O) groups excluding carboxylic acids is 1. The number of carbonyl (C=O) groups is 2. The molecule has 0 aliphatic heterocycles. The first kappa shape index (κ1) is 26.1. The molecule has 0 amide bonds. The minimum atomic E-state index is -4.90. The predicted molar refractivity (Wildman–Crippen MR) is 132 cm³/mol.